The number of piperidine rings is 1. The molecule has 1 saturated heterocycles. The molecule has 2 rings (SSSR count). The van der Waals surface area contributed by atoms with Gasteiger partial charge in [-0.05, 0) is 19.4 Å². The molecule has 1 N–H and O–H groups in total. The van der Waals surface area contributed by atoms with Crippen molar-refractivity contribution in [3.63, 3.8) is 0 Å². The van der Waals surface area contributed by atoms with Gasteiger partial charge in [0.25, 0.3) is 0 Å². The number of thiazole rings is 1. The van der Waals surface area contributed by atoms with E-state index >= 15 is 0 Å². The van der Waals surface area contributed by atoms with E-state index in [1.54, 1.807) is 6.20 Å². The van der Waals surface area contributed by atoms with Crippen molar-refractivity contribution in [2.24, 2.45) is 0 Å². The molecule has 5 heteroatoms. The number of nitrogens with one attached hydrogen (secondary N) is 1. The van der Waals surface area contributed by atoms with Crippen molar-refractivity contribution < 1.29 is 4.74 Å². The molecule has 0 aliphatic carbocycles. The third-order valence-corrected chi connectivity index (χ3v) is 3.59. The summed E-state index contributed by atoms with van der Waals surface area (Å²) in [5.74, 6) is 0. The molecule has 1 atom stereocenters. The van der Waals surface area contributed by atoms with Crippen molar-refractivity contribution in [1.29, 1.82) is 0 Å². The standard InChI is InChI=1S/C10H15ClN2OS/c11-10-13-5-9(15-10)7-14-6-8-3-1-2-4-12-8/h5,8,12H,1-4,6-7H2/t8-/m1/s1. The first kappa shape index (κ1) is 11.3. The van der Waals surface area contributed by atoms with Gasteiger partial charge in [-0.15, -0.1) is 11.3 Å². The second-order valence-corrected chi connectivity index (χ2v) is 5.44. The predicted molar refractivity (Wildman–Crippen MR) is 62.4 cm³/mol. The van der Waals surface area contributed by atoms with E-state index in [1.807, 2.05) is 0 Å². The maximum absolute atomic E-state index is 5.73. The molecule has 1 aliphatic heterocycles. The van der Waals surface area contributed by atoms with Gasteiger partial charge in [-0.2, -0.15) is 0 Å². The highest BCUT2D eigenvalue weighted by atomic mass is 35.5. The number of aromatic nitrogens is 1. The zero-order valence-corrected chi connectivity index (χ0v) is 10.1. The number of hydrogen-bond acceptors (Lipinski definition) is 4. The van der Waals surface area contributed by atoms with Gasteiger partial charge < -0.3 is 10.1 Å². The minimum atomic E-state index is 0.530. The minimum Gasteiger partial charge on any atom is -0.374 e. The average molecular weight is 247 g/mol. The lowest BCUT2D eigenvalue weighted by atomic mass is 10.1. The number of nitrogens with zero attached hydrogens (tertiary/aromatic N) is 1. The molecule has 2 heterocycles. The Balaban J connectivity index is 1.65. The van der Waals surface area contributed by atoms with E-state index < -0.39 is 0 Å². The van der Waals surface area contributed by atoms with Gasteiger partial charge in [0.15, 0.2) is 4.47 Å². The van der Waals surface area contributed by atoms with Crippen molar-refractivity contribution in [3.8, 4) is 0 Å². The van der Waals surface area contributed by atoms with Crippen LogP contribution in [0.15, 0.2) is 6.20 Å². The molecule has 0 aromatic carbocycles. The Labute approximate surface area is 98.8 Å². The molecule has 0 amide bonds. The Hall–Kier alpha value is -0.160. The van der Waals surface area contributed by atoms with Crippen LogP contribution in [0.5, 0.6) is 0 Å². The molecule has 15 heavy (non-hydrogen) atoms. The second-order valence-electron chi connectivity index (χ2n) is 3.74. The Kier molecular flexibility index (Phi) is 4.38. The number of ether oxygens (including phenoxy) is 1. The minimum absolute atomic E-state index is 0.530. The van der Waals surface area contributed by atoms with Crippen molar-refractivity contribution in [2.45, 2.75) is 31.9 Å². The summed E-state index contributed by atoms with van der Waals surface area (Å²) < 4.78 is 6.21. The molecule has 0 radical (unpaired) electrons. The van der Waals surface area contributed by atoms with E-state index in [-0.39, 0.29) is 0 Å². The monoisotopic (exact) mass is 246 g/mol. The quantitative estimate of drug-likeness (QED) is 0.886. The number of halogens is 1. The van der Waals surface area contributed by atoms with Crippen LogP contribution < -0.4 is 5.32 Å². The van der Waals surface area contributed by atoms with Gasteiger partial charge in [0.1, 0.15) is 0 Å². The Morgan fingerprint density at radius 3 is 3.20 bits per heavy atom. The smallest absolute Gasteiger partial charge is 0.183 e. The SMILES string of the molecule is Clc1ncc(COC[C@H]2CCCCN2)s1. The lowest BCUT2D eigenvalue weighted by molar-refractivity contribution is 0.0927. The fourth-order valence-electron chi connectivity index (χ4n) is 1.72. The van der Waals surface area contributed by atoms with Crippen LogP contribution in [0.2, 0.25) is 4.47 Å². The van der Waals surface area contributed by atoms with E-state index in [2.05, 4.69) is 10.3 Å². The lowest BCUT2D eigenvalue weighted by Crippen LogP contribution is -2.37. The highest BCUT2D eigenvalue weighted by molar-refractivity contribution is 7.15. The molecule has 84 valence electrons. The molecular weight excluding hydrogens is 232 g/mol. The van der Waals surface area contributed by atoms with Crippen LogP contribution in [0.4, 0.5) is 0 Å². The summed E-state index contributed by atoms with van der Waals surface area (Å²) in [6, 6.07) is 0.530. The predicted octanol–water partition coefficient (Wildman–Crippen LogP) is 2.46. The van der Waals surface area contributed by atoms with Gasteiger partial charge in [-0.25, -0.2) is 4.98 Å². The number of rotatable bonds is 4. The van der Waals surface area contributed by atoms with Crippen LogP contribution in [0.3, 0.4) is 0 Å². The fourth-order valence-corrected chi connectivity index (χ4v) is 2.63. The van der Waals surface area contributed by atoms with Crippen LogP contribution in [0.1, 0.15) is 24.1 Å². The molecule has 0 unspecified atom stereocenters. The van der Waals surface area contributed by atoms with Gasteiger partial charge in [0.05, 0.1) is 18.1 Å². The van der Waals surface area contributed by atoms with Crippen LogP contribution in [0, 0.1) is 0 Å². The molecular formula is C10H15ClN2OS. The van der Waals surface area contributed by atoms with E-state index in [1.165, 1.54) is 30.6 Å². The molecule has 0 spiro atoms. The zero-order chi connectivity index (χ0) is 10.5. The van der Waals surface area contributed by atoms with Gasteiger partial charge in [-0.1, -0.05) is 18.0 Å². The first-order valence-corrected chi connectivity index (χ1v) is 6.45. The van der Waals surface area contributed by atoms with Crippen molar-refractivity contribution in [2.75, 3.05) is 13.2 Å². The normalized spacial score (nSPS) is 21.8. The first-order chi connectivity index (χ1) is 7.34. The number of hydrogen-bond donors (Lipinski definition) is 1. The van der Waals surface area contributed by atoms with Crippen LogP contribution in [-0.4, -0.2) is 24.2 Å². The van der Waals surface area contributed by atoms with Crippen LogP contribution in [-0.2, 0) is 11.3 Å². The topological polar surface area (TPSA) is 34.1 Å². The molecule has 3 nitrogen and oxygen atoms in total. The molecule has 0 bridgehead atoms. The molecule has 1 aliphatic rings. The van der Waals surface area contributed by atoms with E-state index in [9.17, 15) is 0 Å². The van der Waals surface area contributed by atoms with E-state index in [4.69, 9.17) is 16.3 Å². The van der Waals surface area contributed by atoms with Crippen LogP contribution >= 0.6 is 22.9 Å². The maximum Gasteiger partial charge on any atom is 0.183 e. The Bertz CT molecular complexity index is 299. The summed E-state index contributed by atoms with van der Waals surface area (Å²) in [6.45, 7) is 2.54. The van der Waals surface area contributed by atoms with Crippen molar-refractivity contribution >= 4 is 22.9 Å². The summed E-state index contributed by atoms with van der Waals surface area (Å²) in [5, 5.41) is 3.45. The van der Waals surface area contributed by atoms with E-state index in [0.717, 1.165) is 18.0 Å². The fraction of sp³-hybridized carbons (Fsp3) is 0.700. The molecule has 1 aromatic rings. The summed E-state index contributed by atoms with van der Waals surface area (Å²) >= 11 is 7.21. The summed E-state index contributed by atoms with van der Waals surface area (Å²) in [4.78, 5) is 5.06. The maximum atomic E-state index is 5.73. The van der Waals surface area contributed by atoms with Gasteiger partial charge in [0, 0.05) is 12.2 Å². The molecule has 0 saturated carbocycles. The lowest BCUT2D eigenvalue weighted by Gasteiger charge is -2.22. The zero-order valence-electron chi connectivity index (χ0n) is 8.54. The van der Waals surface area contributed by atoms with Gasteiger partial charge >= 0.3 is 0 Å². The van der Waals surface area contributed by atoms with Gasteiger partial charge in [0.2, 0.25) is 0 Å². The average Bonchev–Trinajstić information content (AvgIpc) is 2.66. The van der Waals surface area contributed by atoms with Crippen molar-refractivity contribution in [3.05, 3.63) is 15.5 Å². The summed E-state index contributed by atoms with van der Waals surface area (Å²) in [5.41, 5.74) is 0. The van der Waals surface area contributed by atoms with Crippen LogP contribution in [0.25, 0.3) is 0 Å². The highest BCUT2D eigenvalue weighted by Crippen LogP contribution is 2.18. The summed E-state index contributed by atoms with van der Waals surface area (Å²) in [6.07, 6.45) is 5.61. The Morgan fingerprint density at radius 2 is 2.53 bits per heavy atom. The molecule has 1 fully saturated rings. The van der Waals surface area contributed by atoms with Crippen molar-refractivity contribution in [1.82, 2.24) is 10.3 Å². The highest BCUT2D eigenvalue weighted by Gasteiger charge is 2.12. The third kappa shape index (κ3) is 3.72. The third-order valence-electron chi connectivity index (χ3n) is 2.50. The Morgan fingerprint density at radius 1 is 1.60 bits per heavy atom. The second kappa shape index (κ2) is 5.80. The largest absolute Gasteiger partial charge is 0.374 e. The first-order valence-electron chi connectivity index (χ1n) is 5.26. The molecule has 1 aromatic heterocycles. The van der Waals surface area contributed by atoms with Gasteiger partial charge in [-0.3, -0.25) is 0 Å². The van der Waals surface area contributed by atoms with E-state index in [0.29, 0.717) is 17.1 Å². The summed E-state index contributed by atoms with van der Waals surface area (Å²) in [7, 11) is 0.